The van der Waals surface area contributed by atoms with Crippen molar-refractivity contribution >= 4 is 15.7 Å². The summed E-state index contributed by atoms with van der Waals surface area (Å²) in [6.07, 6.45) is 6.62. The zero-order valence-electron chi connectivity index (χ0n) is 12.4. The minimum Gasteiger partial charge on any atom is -0.300 e. The Morgan fingerprint density at radius 1 is 1.36 bits per heavy atom. The molecule has 7 heteroatoms. The molecule has 1 aliphatic rings. The lowest BCUT2D eigenvalue weighted by Gasteiger charge is -2.31. The number of rotatable bonds is 5. The van der Waals surface area contributed by atoms with E-state index < -0.39 is 10.0 Å². The summed E-state index contributed by atoms with van der Waals surface area (Å²) in [5, 5.41) is 0.191. The molecule has 22 heavy (non-hydrogen) atoms. The molecule has 6 nitrogen and oxygen atoms in total. The maximum absolute atomic E-state index is 12.6. The SMILES string of the molecule is C=CCN1CCC(NS(=O)(=O)c2cnc3ccccn23)CC1. The molecule has 2 aromatic rings. The molecular weight excluding hydrogens is 300 g/mol. The highest BCUT2D eigenvalue weighted by atomic mass is 32.2. The second kappa shape index (κ2) is 6.20. The van der Waals surface area contributed by atoms with E-state index in [-0.39, 0.29) is 11.1 Å². The Morgan fingerprint density at radius 2 is 2.14 bits per heavy atom. The van der Waals surface area contributed by atoms with Gasteiger partial charge in [0, 0.05) is 18.8 Å². The maximum atomic E-state index is 12.6. The van der Waals surface area contributed by atoms with Gasteiger partial charge in [-0.3, -0.25) is 9.30 Å². The lowest BCUT2D eigenvalue weighted by Crippen LogP contribution is -2.44. The van der Waals surface area contributed by atoms with E-state index in [4.69, 9.17) is 0 Å². The Kier molecular flexibility index (Phi) is 4.28. The van der Waals surface area contributed by atoms with Crippen LogP contribution in [0.4, 0.5) is 0 Å². The molecule has 0 radical (unpaired) electrons. The molecule has 0 aliphatic carbocycles. The number of imidazole rings is 1. The number of sulfonamides is 1. The molecule has 0 saturated carbocycles. The van der Waals surface area contributed by atoms with Crippen molar-refractivity contribution in [3.05, 3.63) is 43.2 Å². The fourth-order valence-corrected chi connectivity index (χ4v) is 4.20. The molecule has 0 unspecified atom stereocenters. The topological polar surface area (TPSA) is 66.7 Å². The lowest BCUT2D eigenvalue weighted by molar-refractivity contribution is 0.226. The van der Waals surface area contributed by atoms with Crippen LogP contribution in [0.5, 0.6) is 0 Å². The average molecular weight is 320 g/mol. The monoisotopic (exact) mass is 320 g/mol. The van der Waals surface area contributed by atoms with Crippen molar-refractivity contribution in [2.45, 2.75) is 23.9 Å². The van der Waals surface area contributed by atoms with E-state index >= 15 is 0 Å². The van der Waals surface area contributed by atoms with Crippen LogP contribution in [-0.4, -0.2) is 48.4 Å². The number of aromatic nitrogens is 2. The first-order valence-electron chi connectivity index (χ1n) is 7.38. The van der Waals surface area contributed by atoms with Gasteiger partial charge in [0.05, 0.1) is 6.20 Å². The van der Waals surface area contributed by atoms with Crippen LogP contribution < -0.4 is 4.72 Å². The van der Waals surface area contributed by atoms with E-state index in [0.29, 0.717) is 5.65 Å². The van der Waals surface area contributed by atoms with Gasteiger partial charge >= 0.3 is 0 Å². The minimum atomic E-state index is -3.56. The standard InChI is InChI=1S/C15H20N4O2S/c1-2-8-18-10-6-13(7-11-18)17-22(20,21)15-12-16-14-5-3-4-9-19(14)15/h2-5,9,12-13,17H,1,6-8,10-11H2. The van der Waals surface area contributed by atoms with E-state index in [1.165, 1.54) is 6.20 Å². The van der Waals surface area contributed by atoms with Gasteiger partial charge in [-0.2, -0.15) is 0 Å². The van der Waals surface area contributed by atoms with E-state index in [9.17, 15) is 8.42 Å². The first kappa shape index (κ1) is 15.2. The van der Waals surface area contributed by atoms with Crippen LogP contribution >= 0.6 is 0 Å². The van der Waals surface area contributed by atoms with Crippen LogP contribution in [0.2, 0.25) is 0 Å². The van der Waals surface area contributed by atoms with Crippen molar-refractivity contribution in [2.75, 3.05) is 19.6 Å². The van der Waals surface area contributed by atoms with Gasteiger partial charge in [-0.05, 0) is 38.1 Å². The van der Waals surface area contributed by atoms with Crippen molar-refractivity contribution in [2.24, 2.45) is 0 Å². The summed E-state index contributed by atoms with van der Waals surface area (Å²) in [6, 6.07) is 5.38. The Morgan fingerprint density at radius 3 is 2.86 bits per heavy atom. The smallest absolute Gasteiger partial charge is 0.258 e. The van der Waals surface area contributed by atoms with Crippen molar-refractivity contribution in [1.82, 2.24) is 19.0 Å². The number of nitrogens with zero attached hydrogens (tertiary/aromatic N) is 3. The summed E-state index contributed by atoms with van der Waals surface area (Å²) in [4.78, 5) is 6.41. The van der Waals surface area contributed by atoms with Gasteiger partial charge in [0.25, 0.3) is 10.0 Å². The predicted octanol–water partition coefficient (Wildman–Crippen LogP) is 1.26. The Balaban J connectivity index is 1.73. The quantitative estimate of drug-likeness (QED) is 0.843. The van der Waals surface area contributed by atoms with Crippen molar-refractivity contribution in [3.8, 4) is 0 Å². The van der Waals surface area contributed by atoms with Gasteiger partial charge in [0.2, 0.25) is 0 Å². The normalized spacial score (nSPS) is 17.8. The second-order valence-electron chi connectivity index (χ2n) is 5.51. The van der Waals surface area contributed by atoms with Crippen molar-refractivity contribution < 1.29 is 8.42 Å². The van der Waals surface area contributed by atoms with Crippen molar-refractivity contribution in [3.63, 3.8) is 0 Å². The summed E-state index contributed by atoms with van der Waals surface area (Å²) in [5.74, 6) is 0. The highest BCUT2D eigenvalue weighted by Crippen LogP contribution is 2.16. The molecular formula is C15H20N4O2S. The second-order valence-corrected chi connectivity index (χ2v) is 7.17. The number of pyridine rings is 1. The number of fused-ring (bicyclic) bond motifs is 1. The summed E-state index contributed by atoms with van der Waals surface area (Å²) in [5.41, 5.74) is 0.628. The fraction of sp³-hybridized carbons (Fsp3) is 0.400. The van der Waals surface area contributed by atoms with Gasteiger partial charge in [0.1, 0.15) is 5.65 Å². The van der Waals surface area contributed by atoms with Crippen LogP contribution in [0.1, 0.15) is 12.8 Å². The Labute approximate surface area is 130 Å². The van der Waals surface area contributed by atoms with Crippen LogP contribution in [-0.2, 0) is 10.0 Å². The first-order chi connectivity index (χ1) is 10.6. The summed E-state index contributed by atoms with van der Waals surface area (Å²) in [6.45, 7) is 6.35. The molecule has 0 atom stereocenters. The third-order valence-corrected chi connectivity index (χ3v) is 5.45. The van der Waals surface area contributed by atoms with Crippen LogP contribution in [0.15, 0.2) is 48.3 Å². The summed E-state index contributed by atoms with van der Waals surface area (Å²) < 4.78 is 29.6. The Hall–Kier alpha value is -1.70. The lowest BCUT2D eigenvalue weighted by atomic mass is 10.1. The van der Waals surface area contributed by atoms with Gasteiger partial charge in [0.15, 0.2) is 5.03 Å². The van der Waals surface area contributed by atoms with Crippen LogP contribution in [0, 0.1) is 0 Å². The largest absolute Gasteiger partial charge is 0.300 e. The van der Waals surface area contributed by atoms with E-state index in [2.05, 4.69) is 21.2 Å². The Bertz CT molecular complexity index is 761. The summed E-state index contributed by atoms with van der Waals surface area (Å²) >= 11 is 0. The van der Waals surface area contributed by atoms with Gasteiger partial charge < -0.3 is 0 Å². The number of piperidine rings is 1. The number of nitrogens with one attached hydrogen (secondary N) is 1. The molecule has 118 valence electrons. The number of likely N-dealkylation sites (tertiary alicyclic amines) is 1. The van der Waals surface area contributed by atoms with E-state index in [1.54, 1.807) is 22.7 Å². The first-order valence-corrected chi connectivity index (χ1v) is 8.86. The highest BCUT2D eigenvalue weighted by Gasteiger charge is 2.26. The van der Waals surface area contributed by atoms with E-state index in [0.717, 1.165) is 32.5 Å². The average Bonchev–Trinajstić information content (AvgIpc) is 2.94. The van der Waals surface area contributed by atoms with Gasteiger partial charge in [-0.1, -0.05) is 12.1 Å². The molecule has 1 saturated heterocycles. The molecule has 1 aliphatic heterocycles. The van der Waals surface area contributed by atoms with E-state index in [1.807, 2.05) is 12.1 Å². The third kappa shape index (κ3) is 3.06. The zero-order chi connectivity index (χ0) is 15.6. The van der Waals surface area contributed by atoms with Gasteiger partial charge in [-0.15, -0.1) is 6.58 Å². The predicted molar refractivity (Wildman–Crippen MR) is 85.2 cm³/mol. The molecule has 3 heterocycles. The molecule has 0 bridgehead atoms. The molecule has 1 N–H and O–H groups in total. The highest BCUT2D eigenvalue weighted by molar-refractivity contribution is 7.89. The van der Waals surface area contributed by atoms with Crippen LogP contribution in [0.25, 0.3) is 5.65 Å². The maximum Gasteiger partial charge on any atom is 0.258 e. The zero-order valence-corrected chi connectivity index (χ0v) is 13.2. The summed E-state index contributed by atoms with van der Waals surface area (Å²) in [7, 11) is -3.56. The third-order valence-electron chi connectivity index (χ3n) is 3.96. The number of hydrogen-bond donors (Lipinski definition) is 1. The minimum absolute atomic E-state index is 0.0275. The molecule has 0 aromatic carbocycles. The van der Waals surface area contributed by atoms with Crippen LogP contribution in [0.3, 0.4) is 0 Å². The van der Waals surface area contributed by atoms with Gasteiger partial charge in [-0.25, -0.2) is 18.1 Å². The molecule has 0 spiro atoms. The van der Waals surface area contributed by atoms with Crippen molar-refractivity contribution in [1.29, 1.82) is 0 Å². The number of hydrogen-bond acceptors (Lipinski definition) is 4. The fourth-order valence-electron chi connectivity index (χ4n) is 2.80. The molecule has 3 rings (SSSR count). The molecule has 1 fully saturated rings. The molecule has 0 amide bonds. The molecule has 2 aromatic heterocycles.